The molecular weight excluding hydrogens is 282 g/mol. The van der Waals surface area contributed by atoms with Gasteiger partial charge in [0.1, 0.15) is 0 Å². The Hall–Kier alpha value is -2.83. The molecule has 116 valence electrons. The summed E-state index contributed by atoms with van der Waals surface area (Å²) in [6.45, 7) is 0.840. The van der Waals surface area contributed by atoms with E-state index in [9.17, 15) is 9.59 Å². The number of primary amides is 1. The van der Waals surface area contributed by atoms with E-state index in [1.54, 1.807) is 47.1 Å². The topological polar surface area (TPSA) is 93.2 Å². The van der Waals surface area contributed by atoms with Crippen molar-refractivity contribution in [3.05, 3.63) is 53.3 Å². The molecule has 0 saturated heterocycles. The molecule has 0 aliphatic rings. The van der Waals surface area contributed by atoms with Crippen LogP contribution in [0.2, 0.25) is 0 Å². The molecule has 0 radical (unpaired) electrons. The lowest BCUT2D eigenvalue weighted by Gasteiger charge is -2.16. The zero-order valence-corrected chi connectivity index (χ0v) is 12.6. The number of rotatable bonds is 5. The summed E-state index contributed by atoms with van der Waals surface area (Å²) in [5, 5.41) is 6.58. The minimum atomic E-state index is -0.573. The second-order valence-corrected chi connectivity index (χ2v) is 5.10. The van der Waals surface area contributed by atoms with Crippen molar-refractivity contribution < 1.29 is 9.59 Å². The molecule has 0 bridgehead atoms. The van der Waals surface area contributed by atoms with Crippen LogP contribution in [0.4, 0.5) is 4.79 Å². The van der Waals surface area contributed by atoms with Crippen LogP contribution in [0.5, 0.6) is 0 Å². The van der Waals surface area contributed by atoms with E-state index in [1.807, 2.05) is 13.2 Å². The highest BCUT2D eigenvalue weighted by Crippen LogP contribution is 2.09. The molecule has 0 spiro atoms. The summed E-state index contributed by atoms with van der Waals surface area (Å²) in [4.78, 5) is 24.6. The average Bonchev–Trinajstić information content (AvgIpc) is 2.90. The normalized spacial score (nSPS) is 10.3. The van der Waals surface area contributed by atoms with Crippen molar-refractivity contribution in [2.24, 2.45) is 12.8 Å². The third-order valence-electron chi connectivity index (χ3n) is 3.19. The maximum Gasteiger partial charge on any atom is 0.312 e. The third kappa shape index (κ3) is 4.08. The summed E-state index contributed by atoms with van der Waals surface area (Å²) in [7, 11) is 3.59. The molecule has 2 aromatic rings. The van der Waals surface area contributed by atoms with Gasteiger partial charge in [0.15, 0.2) is 0 Å². The molecule has 2 rings (SSSR count). The van der Waals surface area contributed by atoms with Crippen LogP contribution in [-0.2, 0) is 20.1 Å². The number of nitrogens with zero attached hydrogens (tertiary/aromatic N) is 3. The zero-order chi connectivity index (χ0) is 16.1. The Labute approximate surface area is 128 Å². The van der Waals surface area contributed by atoms with Crippen LogP contribution < -0.4 is 11.1 Å². The van der Waals surface area contributed by atoms with E-state index in [2.05, 4.69) is 10.4 Å². The maximum absolute atomic E-state index is 12.3. The minimum absolute atomic E-state index is 0.0711. The Balaban J connectivity index is 1.97. The minimum Gasteiger partial charge on any atom is -0.352 e. The van der Waals surface area contributed by atoms with Crippen LogP contribution in [0.1, 0.15) is 21.5 Å². The molecular formula is C15H19N5O2. The van der Waals surface area contributed by atoms with Crippen LogP contribution >= 0.6 is 0 Å². The summed E-state index contributed by atoms with van der Waals surface area (Å²) in [6.07, 6.45) is 3.62. The molecule has 7 nitrogen and oxygen atoms in total. The standard InChI is InChI=1S/C15H19N5O2/c1-19(9-12-8-18-20(2)10-12)14(21)13-5-3-11(4-6-13)7-17-15(16)22/h3-6,8,10H,7,9H2,1-2H3,(H3,16,17,22). The Morgan fingerprint density at radius 1 is 1.27 bits per heavy atom. The summed E-state index contributed by atoms with van der Waals surface area (Å²) in [6, 6.07) is 6.49. The SMILES string of the molecule is CN(Cc1cnn(C)c1)C(=O)c1ccc(CNC(N)=O)cc1. The number of aryl methyl sites for hydroxylation is 1. The molecule has 1 aromatic heterocycles. The molecule has 1 heterocycles. The van der Waals surface area contributed by atoms with Crippen molar-refractivity contribution in [3.63, 3.8) is 0 Å². The predicted octanol–water partition coefficient (Wildman–Crippen LogP) is 0.861. The number of nitrogens with one attached hydrogen (secondary N) is 1. The van der Waals surface area contributed by atoms with Gasteiger partial charge in [-0.15, -0.1) is 0 Å². The number of amides is 3. The van der Waals surface area contributed by atoms with Gasteiger partial charge in [0.25, 0.3) is 5.91 Å². The first-order valence-corrected chi connectivity index (χ1v) is 6.81. The second-order valence-electron chi connectivity index (χ2n) is 5.10. The number of hydrogen-bond donors (Lipinski definition) is 2. The van der Waals surface area contributed by atoms with Crippen molar-refractivity contribution in [1.29, 1.82) is 0 Å². The number of aromatic nitrogens is 2. The van der Waals surface area contributed by atoms with Crippen molar-refractivity contribution >= 4 is 11.9 Å². The first kappa shape index (κ1) is 15.6. The number of urea groups is 1. The first-order valence-electron chi connectivity index (χ1n) is 6.81. The van der Waals surface area contributed by atoms with Crippen LogP contribution in [0.3, 0.4) is 0 Å². The van der Waals surface area contributed by atoms with Gasteiger partial charge in [-0.25, -0.2) is 4.79 Å². The lowest BCUT2D eigenvalue weighted by atomic mass is 10.1. The van der Waals surface area contributed by atoms with Gasteiger partial charge in [0.2, 0.25) is 0 Å². The molecule has 0 aliphatic carbocycles. The number of hydrogen-bond acceptors (Lipinski definition) is 3. The van der Waals surface area contributed by atoms with Crippen LogP contribution in [0.25, 0.3) is 0 Å². The largest absolute Gasteiger partial charge is 0.352 e. The summed E-state index contributed by atoms with van der Waals surface area (Å²) in [5.74, 6) is -0.0711. The highest BCUT2D eigenvalue weighted by molar-refractivity contribution is 5.94. The van der Waals surface area contributed by atoms with Crippen LogP contribution in [0.15, 0.2) is 36.7 Å². The van der Waals surface area contributed by atoms with Crippen molar-refractivity contribution in [2.45, 2.75) is 13.1 Å². The highest BCUT2D eigenvalue weighted by atomic mass is 16.2. The van der Waals surface area contributed by atoms with E-state index < -0.39 is 6.03 Å². The Morgan fingerprint density at radius 3 is 2.50 bits per heavy atom. The van der Waals surface area contributed by atoms with E-state index in [0.717, 1.165) is 11.1 Å². The Bertz CT molecular complexity index is 663. The molecule has 0 atom stereocenters. The van der Waals surface area contributed by atoms with Crippen LogP contribution in [-0.4, -0.2) is 33.7 Å². The molecule has 3 amide bonds. The molecule has 0 saturated carbocycles. The van der Waals surface area contributed by atoms with Crippen LogP contribution in [0, 0.1) is 0 Å². The van der Waals surface area contributed by atoms with Gasteiger partial charge in [-0.05, 0) is 17.7 Å². The average molecular weight is 301 g/mol. The number of carbonyl (C=O) groups excluding carboxylic acids is 2. The number of nitrogens with two attached hydrogens (primary N) is 1. The molecule has 0 unspecified atom stereocenters. The van der Waals surface area contributed by atoms with Crippen molar-refractivity contribution in [2.75, 3.05) is 7.05 Å². The lowest BCUT2D eigenvalue weighted by molar-refractivity contribution is 0.0785. The molecule has 7 heteroatoms. The van der Waals surface area contributed by atoms with Gasteiger partial charge >= 0.3 is 6.03 Å². The smallest absolute Gasteiger partial charge is 0.312 e. The summed E-state index contributed by atoms with van der Waals surface area (Å²) < 4.78 is 1.70. The van der Waals surface area contributed by atoms with Gasteiger partial charge in [0.05, 0.1) is 6.20 Å². The van der Waals surface area contributed by atoms with Crippen molar-refractivity contribution in [1.82, 2.24) is 20.0 Å². The zero-order valence-electron chi connectivity index (χ0n) is 12.6. The fourth-order valence-corrected chi connectivity index (χ4v) is 2.07. The van der Waals surface area contributed by atoms with Gasteiger partial charge in [-0.2, -0.15) is 5.10 Å². The van der Waals surface area contributed by atoms with E-state index in [-0.39, 0.29) is 5.91 Å². The number of benzene rings is 1. The first-order chi connectivity index (χ1) is 10.5. The molecule has 22 heavy (non-hydrogen) atoms. The Morgan fingerprint density at radius 2 is 1.95 bits per heavy atom. The monoisotopic (exact) mass is 301 g/mol. The van der Waals surface area contributed by atoms with Gasteiger partial charge in [-0.1, -0.05) is 12.1 Å². The molecule has 3 N–H and O–H groups in total. The van der Waals surface area contributed by atoms with Crippen molar-refractivity contribution in [3.8, 4) is 0 Å². The van der Waals surface area contributed by atoms with E-state index in [1.165, 1.54) is 0 Å². The lowest BCUT2D eigenvalue weighted by Crippen LogP contribution is -2.28. The van der Waals surface area contributed by atoms with E-state index in [4.69, 9.17) is 5.73 Å². The van der Waals surface area contributed by atoms with E-state index >= 15 is 0 Å². The highest BCUT2D eigenvalue weighted by Gasteiger charge is 2.12. The molecule has 1 aromatic carbocycles. The van der Waals surface area contributed by atoms with Gasteiger partial charge < -0.3 is 16.0 Å². The summed E-state index contributed by atoms with van der Waals surface area (Å²) in [5.41, 5.74) is 7.46. The summed E-state index contributed by atoms with van der Waals surface area (Å²) >= 11 is 0. The fourth-order valence-electron chi connectivity index (χ4n) is 2.07. The number of carbonyl (C=O) groups is 2. The quantitative estimate of drug-likeness (QED) is 0.857. The predicted molar refractivity (Wildman–Crippen MR) is 81.9 cm³/mol. The van der Waals surface area contributed by atoms with Gasteiger partial charge in [0, 0.05) is 44.5 Å². The molecule has 0 aliphatic heterocycles. The Kier molecular flexibility index (Phi) is 4.77. The fraction of sp³-hybridized carbons (Fsp3) is 0.267. The van der Waals surface area contributed by atoms with E-state index in [0.29, 0.717) is 18.7 Å². The molecule has 0 fully saturated rings. The second kappa shape index (κ2) is 6.75. The third-order valence-corrected chi connectivity index (χ3v) is 3.19. The maximum atomic E-state index is 12.3. The van der Waals surface area contributed by atoms with Gasteiger partial charge in [-0.3, -0.25) is 9.48 Å².